The highest BCUT2D eigenvalue weighted by atomic mass is 16.1. The predicted molar refractivity (Wildman–Crippen MR) is 123 cm³/mol. The molecule has 2 amide bonds. The highest BCUT2D eigenvalue weighted by Gasteiger charge is 2.13. The first-order valence-corrected chi connectivity index (χ1v) is 10.0. The summed E-state index contributed by atoms with van der Waals surface area (Å²) in [6, 6.07) is 10.2. The van der Waals surface area contributed by atoms with Crippen LogP contribution < -0.4 is 22.9 Å². The van der Waals surface area contributed by atoms with Gasteiger partial charge in [-0.1, -0.05) is 0 Å². The minimum Gasteiger partial charge on any atom is -0.369 e. The molecule has 0 unspecified atom stereocenters. The monoisotopic (exact) mass is 435 g/mol. The second kappa shape index (κ2) is 8.19. The number of likely N-dealkylation sites (N-methyl/N-ethyl adjacent to an activating group) is 1. The average Bonchev–Trinajstić information content (AvgIpc) is 3.24. The zero-order valence-electron chi connectivity index (χ0n) is 17.7. The Kier molecular flexibility index (Phi) is 5.41. The van der Waals surface area contributed by atoms with Crippen molar-refractivity contribution < 1.29 is 9.59 Å². The Hall–Kier alpha value is -4.12. The van der Waals surface area contributed by atoms with Crippen LogP contribution in [0.1, 0.15) is 20.7 Å². The van der Waals surface area contributed by atoms with E-state index >= 15 is 0 Å². The molecule has 0 spiro atoms. The van der Waals surface area contributed by atoms with Gasteiger partial charge in [0.25, 0.3) is 0 Å². The topological polar surface area (TPSA) is 177 Å². The average molecular weight is 435 g/mol. The number of imidazole rings is 2. The number of benzene rings is 2. The highest BCUT2D eigenvalue weighted by Crippen LogP contribution is 2.21. The maximum absolute atomic E-state index is 11.4. The van der Waals surface area contributed by atoms with Crippen molar-refractivity contribution in [3.05, 3.63) is 47.5 Å². The molecular formula is C21H25N9O2. The Balaban J connectivity index is 1.43. The quantitative estimate of drug-likeness (QED) is 0.309. The lowest BCUT2D eigenvalue weighted by Gasteiger charge is -2.18. The summed E-state index contributed by atoms with van der Waals surface area (Å²) in [6.07, 6.45) is 0. The fourth-order valence-electron chi connectivity index (χ4n) is 3.73. The smallest absolute Gasteiger partial charge is 0.248 e. The van der Waals surface area contributed by atoms with Crippen LogP contribution >= 0.6 is 0 Å². The summed E-state index contributed by atoms with van der Waals surface area (Å²) in [6.45, 7) is 2.67. The largest absolute Gasteiger partial charge is 0.369 e. The van der Waals surface area contributed by atoms with Gasteiger partial charge in [0.15, 0.2) is 0 Å². The lowest BCUT2D eigenvalue weighted by molar-refractivity contribution is 0.0992. The number of amides is 2. The van der Waals surface area contributed by atoms with Gasteiger partial charge in [0, 0.05) is 37.3 Å². The Morgan fingerprint density at radius 1 is 0.812 bits per heavy atom. The SMILES string of the molecule is CN(CCn1c(N)nc2cc(C(N)=O)ccc21)CCn1c(N)nc2cc(C(N)=O)ccc21. The number of primary amides is 2. The Labute approximate surface area is 183 Å². The first-order valence-electron chi connectivity index (χ1n) is 10.0. The van der Waals surface area contributed by atoms with Gasteiger partial charge in [0.1, 0.15) is 0 Å². The van der Waals surface area contributed by atoms with Gasteiger partial charge in [-0.2, -0.15) is 0 Å². The fourth-order valence-corrected chi connectivity index (χ4v) is 3.73. The lowest BCUT2D eigenvalue weighted by Crippen LogP contribution is -2.27. The minimum absolute atomic E-state index is 0.380. The van der Waals surface area contributed by atoms with E-state index in [0.717, 1.165) is 11.0 Å². The number of carbonyl (C=O) groups is 2. The number of fused-ring (bicyclic) bond motifs is 2. The Morgan fingerprint density at radius 3 is 1.59 bits per heavy atom. The summed E-state index contributed by atoms with van der Waals surface area (Å²) in [4.78, 5) is 33.6. The van der Waals surface area contributed by atoms with E-state index < -0.39 is 11.8 Å². The van der Waals surface area contributed by atoms with Crippen LogP contribution in [-0.4, -0.2) is 56.0 Å². The van der Waals surface area contributed by atoms with E-state index in [4.69, 9.17) is 22.9 Å². The third-order valence-electron chi connectivity index (χ3n) is 5.54. The number of nitrogen functional groups attached to an aromatic ring is 2. The molecule has 0 saturated heterocycles. The zero-order valence-corrected chi connectivity index (χ0v) is 17.7. The molecule has 2 heterocycles. The molecule has 0 saturated carbocycles. The third kappa shape index (κ3) is 3.93. The molecule has 0 aliphatic rings. The highest BCUT2D eigenvalue weighted by molar-refractivity contribution is 5.97. The molecule has 4 rings (SSSR count). The van der Waals surface area contributed by atoms with Crippen molar-refractivity contribution in [2.45, 2.75) is 13.1 Å². The summed E-state index contributed by atoms with van der Waals surface area (Å²) in [5.41, 5.74) is 26.6. The molecule has 11 heteroatoms. The molecule has 0 radical (unpaired) electrons. The van der Waals surface area contributed by atoms with Gasteiger partial charge < -0.3 is 37.0 Å². The molecule has 2 aromatic carbocycles. The van der Waals surface area contributed by atoms with E-state index in [1.807, 2.05) is 16.2 Å². The first-order chi connectivity index (χ1) is 15.2. The van der Waals surface area contributed by atoms with Gasteiger partial charge >= 0.3 is 0 Å². The number of hydrogen-bond donors (Lipinski definition) is 4. The summed E-state index contributed by atoms with van der Waals surface area (Å²) in [5.74, 6) is -0.246. The Morgan fingerprint density at radius 2 is 1.22 bits per heavy atom. The summed E-state index contributed by atoms with van der Waals surface area (Å²) in [5, 5.41) is 0. The van der Waals surface area contributed by atoms with Crippen LogP contribution in [0, 0.1) is 0 Å². The maximum atomic E-state index is 11.4. The van der Waals surface area contributed by atoms with Crippen LogP contribution in [0.4, 0.5) is 11.9 Å². The predicted octanol–water partition coefficient (Wildman–Crippen LogP) is 0.380. The van der Waals surface area contributed by atoms with E-state index in [1.54, 1.807) is 36.4 Å². The van der Waals surface area contributed by atoms with Gasteiger partial charge in [-0.05, 0) is 43.4 Å². The molecule has 32 heavy (non-hydrogen) atoms. The van der Waals surface area contributed by atoms with Crippen molar-refractivity contribution in [2.75, 3.05) is 31.6 Å². The van der Waals surface area contributed by atoms with Gasteiger partial charge in [-0.3, -0.25) is 9.59 Å². The van der Waals surface area contributed by atoms with E-state index in [0.29, 0.717) is 60.2 Å². The first kappa shape index (κ1) is 21.1. The fraction of sp³-hybridized carbons (Fsp3) is 0.238. The van der Waals surface area contributed by atoms with Crippen molar-refractivity contribution in [3.63, 3.8) is 0 Å². The Bertz CT molecular complexity index is 1240. The van der Waals surface area contributed by atoms with Crippen LogP contribution in [-0.2, 0) is 13.1 Å². The second-order valence-electron chi connectivity index (χ2n) is 7.68. The van der Waals surface area contributed by atoms with E-state index in [2.05, 4.69) is 14.9 Å². The normalized spacial score (nSPS) is 11.6. The molecule has 0 fully saturated rings. The third-order valence-corrected chi connectivity index (χ3v) is 5.54. The minimum atomic E-state index is -0.503. The van der Waals surface area contributed by atoms with Gasteiger partial charge in [0.2, 0.25) is 23.7 Å². The number of nitrogens with two attached hydrogens (primary N) is 4. The molecule has 4 aromatic rings. The van der Waals surface area contributed by atoms with Crippen LogP contribution in [0.25, 0.3) is 22.1 Å². The molecule has 166 valence electrons. The van der Waals surface area contributed by atoms with Crippen LogP contribution in [0.15, 0.2) is 36.4 Å². The standard InChI is InChI=1S/C21H25N9O2/c1-28(6-8-29-16-4-2-12(18(22)31)10-14(16)26-20(29)24)7-9-30-17-5-3-13(19(23)32)11-15(17)27-21(30)25/h2-5,10-11H,6-9H2,1H3,(H2,22,31)(H2,23,32)(H2,24,26)(H2,25,27). The van der Waals surface area contributed by atoms with Gasteiger partial charge in [-0.15, -0.1) is 0 Å². The van der Waals surface area contributed by atoms with Crippen molar-refractivity contribution in [2.24, 2.45) is 11.5 Å². The summed E-state index contributed by atoms with van der Waals surface area (Å²) >= 11 is 0. The molecule has 11 nitrogen and oxygen atoms in total. The molecule has 0 atom stereocenters. The summed E-state index contributed by atoms with van der Waals surface area (Å²) in [7, 11) is 2.00. The van der Waals surface area contributed by atoms with Crippen molar-refractivity contribution in [3.8, 4) is 0 Å². The number of nitrogens with zero attached hydrogens (tertiary/aromatic N) is 5. The lowest BCUT2D eigenvalue weighted by atomic mass is 10.2. The summed E-state index contributed by atoms with van der Waals surface area (Å²) < 4.78 is 3.81. The van der Waals surface area contributed by atoms with Crippen LogP contribution in [0.5, 0.6) is 0 Å². The molecule has 8 N–H and O–H groups in total. The second-order valence-corrected chi connectivity index (χ2v) is 7.68. The molecule has 0 aliphatic heterocycles. The number of rotatable bonds is 8. The van der Waals surface area contributed by atoms with Gasteiger partial charge in [0.05, 0.1) is 22.1 Å². The number of carbonyl (C=O) groups excluding carboxylic acids is 2. The van der Waals surface area contributed by atoms with Crippen molar-refractivity contribution in [1.82, 2.24) is 24.0 Å². The van der Waals surface area contributed by atoms with Crippen LogP contribution in [0.2, 0.25) is 0 Å². The maximum Gasteiger partial charge on any atom is 0.248 e. The van der Waals surface area contributed by atoms with Crippen molar-refractivity contribution >= 4 is 45.8 Å². The molecule has 2 aromatic heterocycles. The van der Waals surface area contributed by atoms with Gasteiger partial charge in [-0.25, -0.2) is 9.97 Å². The van der Waals surface area contributed by atoms with E-state index in [9.17, 15) is 9.59 Å². The molecular weight excluding hydrogens is 410 g/mol. The number of hydrogen-bond acceptors (Lipinski definition) is 7. The number of anilines is 2. The molecule has 0 aliphatic carbocycles. The molecule has 0 bridgehead atoms. The van der Waals surface area contributed by atoms with Crippen LogP contribution in [0.3, 0.4) is 0 Å². The van der Waals surface area contributed by atoms with Crippen molar-refractivity contribution in [1.29, 1.82) is 0 Å². The van der Waals surface area contributed by atoms with E-state index in [1.165, 1.54) is 0 Å². The zero-order chi connectivity index (χ0) is 23.0. The number of aromatic nitrogens is 4. The van der Waals surface area contributed by atoms with E-state index in [-0.39, 0.29) is 0 Å².